The summed E-state index contributed by atoms with van der Waals surface area (Å²) in [5, 5.41) is 11.8. The van der Waals surface area contributed by atoms with Crippen molar-refractivity contribution in [3.63, 3.8) is 0 Å². The number of rotatable bonds is 7. The van der Waals surface area contributed by atoms with Gasteiger partial charge in [0.25, 0.3) is 0 Å². The highest BCUT2D eigenvalue weighted by molar-refractivity contribution is 5.85. The Bertz CT molecular complexity index is 259. The molecule has 0 unspecified atom stereocenters. The van der Waals surface area contributed by atoms with Crippen LogP contribution in [0.15, 0.2) is 5.16 Å². The van der Waals surface area contributed by atoms with Crippen LogP contribution in [-0.4, -0.2) is 23.8 Å². The summed E-state index contributed by atoms with van der Waals surface area (Å²) in [5.74, 6) is 0.315. The lowest BCUT2D eigenvalue weighted by molar-refractivity contribution is 0.0258. The fourth-order valence-electron chi connectivity index (χ4n) is 2.41. The molecule has 4 heteroatoms. The molecule has 3 N–H and O–H groups in total. The van der Waals surface area contributed by atoms with Gasteiger partial charge in [0.05, 0.1) is 6.10 Å². The Labute approximate surface area is 111 Å². The number of hydrogen-bond acceptors (Lipinski definition) is 3. The first-order valence-corrected chi connectivity index (χ1v) is 7.16. The third-order valence-electron chi connectivity index (χ3n) is 3.90. The van der Waals surface area contributed by atoms with E-state index >= 15 is 0 Å². The summed E-state index contributed by atoms with van der Waals surface area (Å²) in [5.41, 5.74) is 5.43. The van der Waals surface area contributed by atoms with Gasteiger partial charge in [0.15, 0.2) is 0 Å². The quantitative estimate of drug-likeness (QED) is 0.241. The van der Waals surface area contributed by atoms with E-state index in [0.717, 1.165) is 25.9 Å². The van der Waals surface area contributed by atoms with Crippen molar-refractivity contribution < 1.29 is 9.94 Å². The maximum atomic E-state index is 8.68. The van der Waals surface area contributed by atoms with Gasteiger partial charge < -0.3 is 15.7 Å². The van der Waals surface area contributed by atoms with Gasteiger partial charge in [0, 0.05) is 12.0 Å². The van der Waals surface area contributed by atoms with E-state index in [9.17, 15) is 0 Å². The fraction of sp³-hybridized carbons (Fsp3) is 0.929. The average Bonchev–Trinajstić information content (AvgIpc) is 2.38. The van der Waals surface area contributed by atoms with Gasteiger partial charge in [-0.3, -0.25) is 0 Å². The van der Waals surface area contributed by atoms with Crippen LogP contribution in [0, 0.1) is 5.41 Å². The summed E-state index contributed by atoms with van der Waals surface area (Å²) in [6.07, 6.45) is 10.0. The van der Waals surface area contributed by atoms with Crippen LogP contribution < -0.4 is 5.73 Å². The molecule has 106 valence electrons. The van der Waals surface area contributed by atoms with Crippen LogP contribution in [0.4, 0.5) is 0 Å². The van der Waals surface area contributed by atoms with E-state index < -0.39 is 0 Å². The molecule has 4 nitrogen and oxygen atoms in total. The topological polar surface area (TPSA) is 67.8 Å². The molecule has 1 saturated carbocycles. The molecule has 0 aromatic carbocycles. The molecule has 1 fully saturated rings. The Hall–Kier alpha value is -0.770. The molecule has 0 spiro atoms. The zero-order valence-corrected chi connectivity index (χ0v) is 11.8. The molecule has 0 aromatic heterocycles. The van der Waals surface area contributed by atoms with Gasteiger partial charge in [-0.1, -0.05) is 44.7 Å². The predicted octanol–water partition coefficient (Wildman–Crippen LogP) is 3.28. The van der Waals surface area contributed by atoms with Gasteiger partial charge in [0.1, 0.15) is 5.84 Å². The van der Waals surface area contributed by atoms with Crippen LogP contribution in [0.25, 0.3) is 0 Å². The first-order valence-electron chi connectivity index (χ1n) is 7.16. The van der Waals surface area contributed by atoms with Crippen molar-refractivity contribution in [3.05, 3.63) is 0 Å². The van der Waals surface area contributed by atoms with Crippen LogP contribution in [0.2, 0.25) is 0 Å². The largest absolute Gasteiger partial charge is 0.409 e. The van der Waals surface area contributed by atoms with Crippen molar-refractivity contribution in [1.29, 1.82) is 0 Å². The van der Waals surface area contributed by atoms with E-state index in [2.05, 4.69) is 5.16 Å². The summed E-state index contributed by atoms with van der Waals surface area (Å²) in [6, 6.07) is 0. The standard InChI is InChI=1S/C14H28N2O2/c1-14(2,13(15)16-17)10-6-7-11-18-12-8-4-3-5-9-12/h12,17H,3-11H2,1-2H3,(H2,15,16). The van der Waals surface area contributed by atoms with Crippen molar-refractivity contribution in [2.24, 2.45) is 16.3 Å². The highest BCUT2D eigenvalue weighted by Gasteiger charge is 2.22. The van der Waals surface area contributed by atoms with Crippen LogP contribution in [-0.2, 0) is 4.74 Å². The highest BCUT2D eigenvalue weighted by atomic mass is 16.5. The summed E-state index contributed by atoms with van der Waals surface area (Å²) in [7, 11) is 0. The molecule has 18 heavy (non-hydrogen) atoms. The maximum Gasteiger partial charge on any atom is 0.144 e. The second kappa shape index (κ2) is 7.62. The van der Waals surface area contributed by atoms with Crippen LogP contribution >= 0.6 is 0 Å². The monoisotopic (exact) mass is 256 g/mol. The first kappa shape index (κ1) is 15.3. The number of ether oxygens (including phenoxy) is 1. The van der Waals surface area contributed by atoms with E-state index in [1.165, 1.54) is 32.1 Å². The molecule has 0 heterocycles. The Balaban J connectivity index is 2.07. The number of oxime groups is 1. The first-order chi connectivity index (χ1) is 8.56. The van der Waals surface area contributed by atoms with Gasteiger partial charge in [-0.2, -0.15) is 0 Å². The molecular weight excluding hydrogens is 228 g/mol. The molecule has 1 aliphatic carbocycles. The zero-order valence-electron chi connectivity index (χ0n) is 11.8. The van der Waals surface area contributed by atoms with E-state index in [-0.39, 0.29) is 5.41 Å². The van der Waals surface area contributed by atoms with Crippen LogP contribution in [0.5, 0.6) is 0 Å². The van der Waals surface area contributed by atoms with Gasteiger partial charge in [-0.15, -0.1) is 0 Å². The van der Waals surface area contributed by atoms with E-state index in [4.69, 9.17) is 15.7 Å². The predicted molar refractivity (Wildman–Crippen MR) is 73.9 cm³/mol. The highest BCUT2D eigenvalue weighted by Crippen LogP contribution is 2.24. The minimum absolute atomic E-state index is 0.223. The maximum absolute atomic E-state index is 8.68. The summed E-state index contributed by atoms with van der Waals surface area (Å²) >= 11 is 0. The molecule has 0 amide bonds. The number of nitrogens with two attached hydrogens (primary N) is 1. The number of unbranched alkanes of at least 4 members (excludes halogenated alkanes) is 1. The Kier molecular flexibility index (Phi) is 6.47. The molecule has 0 bridgehead atoms. The van der Waals surface area contributed by atoms with Crippen molar-refractivity contribution in [2.45, 2.75) is 71.3 Å². The van der Waals surface area contributed by atoms with Crippen molar-refractivity contribution in [3.8, 4) is 0 Å². The van der Waals surface area contributed by atoms with Gasteiger partial charge in [-0.25, -0.2) is 0 Å². The van der Waals surface area contributed by atoms with Gasteiger partial charge in [-0.05, 0) is 25.7 Å². The third kappa shape index (κ3) is 5.25. The van der Waals surface area contributed by atoms with Crippen molar-refractivity contribution in [1.82, 2.24) is 0 Å². The van der Waals surface area contributed by atoms with E-state index in [0.29, 0.717) is 11.9 Å². The lowest BCUT2D eigenvalue weighted by Gasteiger charge is -2.24. The molecule has 0 radical (unpaired) electrons. The second-order valence-corrected chi connectivity index (χ2v) is 5.96. The Morgan fingerprint density at radius 3 is 2.56 bits per heavy atom. The van der Waals surface area contributed by atoms with Crippen molar-refractivity contribution >= 4 is 5.84 Å². The molecule has 0 atom stereocenters. The number of hydrogen-bond donors (Lipinski definition) is 2. The lowest BCUT2D eigenvalue weighted by Crippen LogP contribution is -2.31. The van der Waals surface area contributed by atoms with E-state index in [1.807, 2.05) is 13.8 Å². The SMILES string of the molecule is CC(C)(CCCCOC1CCCCC1)C(N)=NO. The van der Waals surface area contributed by atoms with E-state index in [1.54, 1.807) is 0 Å². The fourth-order valence-corrected chi connectivity index (χ4v) is 2.41. The number of nitrogens with zero attached hydrogens (tertiary/aromatic N) is 1. The minimum atomic E-state index is -0.223. The summed E-state index contributed by atoms with van der Waals surface area (Å²) in [6.45, 7) is 4.85. The van der Waals surface area contributed by atoms with Crippen LogP contribution in [0.3, 0.4) is 0 Å². The summed E-state index contributed by atoms with van der Waals surface area (Å²) < 4.78 is 5.87. The van der Waals surface area contributed by atoms with Crippen LogP contribution in [0.1, 0.15) is 65.2 Å². The molecule has 0 saturated heterocycles. The smallest absolute Gasteiger partial charge is 0.144 e. The second-order valence-electron chi connectivity index (χ2n) is 5.96. The normalized spacial score (nSPS) is 19.1. The van der Waals surface area contributed by atoms with Gasteiger partial charge in [0.2, 0.25) is 0 Å². The molecule has 0 aromatic rings. The Morgan fingerprint density at radius 2 is 1.94 bits per heavy atom. The lowest BCUT2D eigenvalue weighted by atomic mass is 9.86. The van der Waals surface area contributed by atoms with Crippen molar-refractivity contribution in [2.75, 3.05) is 6.61 Å². The molecular formula is C14H28N2O2. The Morgan fingerprint density at radius 1 is 1.28 bits per heavy atom. The average molecular weight is 256 g/mol. The zero-order chi connectivity index (χ0) is 13.4. The third-order valence-corrected chi connectivity index (χ3v) is 3.90. The molecule has 0 aliphatic heterocycles. The minimum Gasteiger partial charge on any atom is -0.409 e. The molecule has 1 aliphatic rings. The molecule has 1 rings (SSSR count). The summed E-state index contributed by atoms with van der Waals surface area (Å²) in [4.78, 5) is 0. The van der Waals surface area contributed by atoms with Gasteiger partial charge >= 0.3 is 0 Å². The number of amidine groups is 1.